The van der Waals surface area contributed by atoms with Crippen molar-refractivity contribution in [3.8, 4) is 0 Å². The van der Waals surface area contributed by atoms with E-state index in [2.05, 4.69) is 15.3 Å². The maximum absolute atomic E-state index is 11.9. The Bertz CT molecular complexity index is 614. The van der Waals surface area contributed by atoms with Gasteiger partial charge in [-0.1, -0.05) is 6.07 Å². The summed E-state index contributed by atoms with van der Waals surface area (Å²) < 4.78 is 0. The highest BCUT2D eigenvalue weighted by atomic mass is 16.4. The molecule has 0 fully saturated rings. The van der Waals surface area contributed by atoms with E-state index in [1.807, 2.05) is 12.1 Å². The molecule has 102 valence electrons. The summed E-state index contributed by atoms with van der Waals surface area (Å²) in [7, 11) is 0. The Hall–Kier alpha value is -2.76. The number of carbonyl (C=O) groups is 2. The molecule has 20 heavy (non-hydrogen) atoms. The third-order valence-corrected chi connectivity index (χ3v) is 2.68. The second kappa shape index (κ2) is 6.42. The molecule has 0 bridgehead atoms. The number of hydrogen-bond acceptors (Lipinski definition) is 4. The number of carboxylic acid groups (broad SMARTS) is 1. The summed E-state index contributed by atoms with van der Waals surface area (Å²) in [5.74, 6) is -1.66. The summed E-state index contributed by atoms with van der Waals surface area (Å²) in [5, 5.41) is 11.6. The molecule has 0 aliphatic carbocycles. The van der Waals surface area contributed by atoms with Crippen LogP contribution < -0.4 is 5.32 Å². The Morgan fingerprint density at radius 3 is 2.70 bits per heavy atom. The van der Waals surface area contributed by atoms with Gasteiger partial charge < -0.3 is 10.4 Å². The monoisotopic (exact) mass is 271 g/mol. The van der Waals surface area contributed by atoms with Crippen LogP contribution in [-0.4, -0.2) is 33.5 Å². The summed E-state index contributed by atoms with van der Waals surface area (Å²) in [6, 6.07) is 6.56. The predicted molar refractivity (Wildman–Crippen MR) is 71.5 cm³/mol. The highest BCUT2D eigenvalue weighted by Gasteiger charge is 2.16. The number of rotatable bonds is 5. The van der Waals surface area contributed by atoms with Crippen LogP contribution in [0.4, 0.5) is 0 Å². The van der Waals surface area contributed by atoms with Crippen molar-refractivity contribution in [1.29, 1.82) is 0 Å². The van der Waals surface area contributed by atoms with Crippen molar-refractivity contribution in [2.75, 3.05) is 6.54 Å². The van der Waals surface area contributed by atoms with Crippen LogP contribution in [0.5, 0.6) is 0 Å². The lowest BCUT2D eigenvalue weighted by molar-refractivity contribution is 0.0690. The first-order valence-electron chi connectivity index (χ1n) is 6.04. The minimum Gasteiger partial charge on any atom is -0.478 e. The van der Waals surface area contributed by atoms with Gasteiger partial charge >= 0.3 is 5.97 Å². The first kappa shape index (κ1) is 13.7. The van der Waals surface area contributed by atoms with Gasteiger partial charge in [-0.3, -0.25) is 14.8 Å². The molecule has 0 radical (unpaired) electrons. The minimum atomic E-state index is -1.17. The fourth-order valence-electron chi connectivity index (χ4n) is 1.71. The molecule has 0 saturated heterocycles. The van der Waals surface area contributed by atoms with Crippen LogP contribution >= 0.6 is 0 Å². The molecular weight excluding hydrogens is 258 g/mol. The van der Waals surface area contributed by atoms with Gasteiger partial charge in [0.05, 0.1) is 5.56 Å². The molecule has 0 spiro atoms. The largest absolute Gasteiger partial charge is 0.478 e. The van der Waals surface area contributed by atoms with E-state index in [1.165, 1.54) is 18.3 Å². The average molecular weight is 271 g/mol. The molecule has 1 amide bonds. The van der Waals surface area contributed by atoms with Crippen LogP contribution in [0.15, 0.2) is 42.9 Å². The Labute approximate surface area is 115 Å². The van der Waals surface area contributed by atoms with Gasteiger partial charge in [0.25, 0.3) is 5.91 Å². The summed E-state index contributed by atoms with van der Waals surface area (Å²) >= 11 is 0. The molecule has 2 aromatic rings. The highest BCUT2D eigenvalue weighted by Crippen LogP contribution is 2.05. The summed E-state index contributed by atoms with van der Waals surface area (Å²) in [5.41, 5.74) is 0.810. The molecule has 6 heteroatoms. The highest BCUT2D eigenvalue weighted by molar-refractivity contribution is 6.03. The Morgan fingerprint density at radius 2 is 2.00 bits per heavy atom. The van der Waals surface area contributed by atoms with Crippen molar-refractivity contribution in [2.45, 2.75) is 6.42 Å². The number of nitrogens with one attached hydrogen (secondary N) is 1. The molecule has 2 rings (SSSR count). The normalized spacial score (nSPS) is 10.0. The average Bonchev–Trinajstić information content (AvgIpc) is 2.48. The molecule has 2 N–H and O–H groups in total. The van der Waals surface area contributed by atoms with Crippen LogP contribution in [0.3, 0.4) is 0 Å². The molecule has 0 saturated carbocycles. The molecular formula is C14H13N3O3. The van der Waals surface area contributed by atoms with Crippen molar-refractivity contribution in [2.24, 2.45) is 0 Å². The van der Waals surface area contributed by atoms with Gasteiger partial charge in [-0.05, 0) is 30.2 Å². The summed E-state index contributed by atoms with van der Waals surface area (Å²) in [6.07, 6.45) is 5.40. The number of aromatic nitrogens is 2. The second-order valence-corrected chi connectivity index (χ2v) is 4.07. The molecule has 6 nitrogen and oxygen atoms in total. The van der Waals surface area contributed by atoms with Gasteiger partial charge in [0.1, 0.15) is 5.69 Å². The number of aromatic carboxylic acids is 1. The van der Waals surface area contributed by atoms with Gasteiger partial charge in [0, 0.05) is 25.1 Å². The Morgan fingerprint density at radius 1 is 1.20 bits per heavy atom. The number of carbonyl (C=O) groups excluding carboxylic acids is 1. The standard InChI is InChI=1S/C14H13N3O3/c18-13(12-11(14(19)20)4-2-7-16-12)17-8-5-10-3-1-6-15-9-10/h1-4,6-7,9H,5,8H2,(H,17,18)(H,19,20). The van der Waals surface area contributed by atoms with Gasteiger partial charge in [-0.25, -0.2) is 4.79 Å². The second-order valence-electron chi connectivity index (χ2n) is 4.07. The topological polar surface area (TPSA) is 92.2 Å². The lowest BCUT2D eigenvalue weighted by atomic mass is 10.1. The Kier molecular flexibility index (Phi) is 4.39. The lowest BCUT2D eigenvalue weighted by Gasteiger charge is -2.06. The van der Waals surface area contributed by atoms with Gasteiger partial charge in [0.2, 0.25) is 0 Å². The van der Waals surface area contributed by atoms with E-state index >= 15 is 0 Å². The van der Waals surface area contributed by atoms with Crippen molar-refractivity contribution < 1.29 is 14.7 Å². The maximum Gasteiger partial charge on any atom is 0.338 e. The Balaban J connectivity index is 1.97. The van der Waals surface area contributed by atoms with Crippen molar-refractivity contribution in [1.82, 2.24) is 15.3 Å². The van der Waals surface area contributed by atoms with Gasteiger partial charge in [-0.15, -0.1) is 0 Å². The van der Waals surface area contributed by atoms with Gasteiger partial charge in [-0.2, -0.15) is 0 Å². The molecule has 0 unspecified atom stereocenters. The quantitative estimate of drug-likeness (QED) is 0.851. The first-order chi connectivity index (χ1) is 9.68. The number of pyridine rings is 2. The van der Waals surface area contributed by atoms with Crippen LogP contribution in [0.2, 0.25) is 0 Å². The minimum absolute atomic E-state index is 0.0776. The molecule has 0 aliphatic rings. The summed E-state index contributed by atoms with van der Waals surface area (Å²) in [4.78, 5) is 30.7. The fraction of sp³-hybridized carbons (Fsp3) is 0.143. The van der Waals surface area contributed by atoms with Crippen LogP contribution in [0.1, 0.15) is 26.4 Å². The zero-order valence-electron chi connectivity index (χ0n) is 10.6. The fourth-order valence-corrected chi connectivity index (χ4v) is 1.71. The lowest BCUT2D eigenvalue weighted by Crippen LogP contribution is -2.28. The van der Waals surface area contributed by atoms with E-state index in [0.29, 0.717) is 13.0 Å². The van der Waals surface area contributed by atoms with Crippen molar-refractivity contribution in [3.05, 3.63) is 59.7 Å². The molecule has 2 aromatic heterocycles. The maximum atomic E-state index is 11.9. The molecule has 0 aromatic carbocycles. The first-order valence-corrected chi connectivity index (χ1v) is 6.04. The third kappa shape index (κ3) is 3.38. The van der Waals surface area contributed by atoms with E-state index in [9.17, 15) is 9.59 Å². The van der Waals surface area contributed by atoms with Crippen molar-refractivity contribution in [3.63, 3.8) is 0 Å². The summed E-state index contributed by atoms with van der Waals surface area (Å²) in [6.45, 7) is 0.389. The van der Waals surface area contributed by atoms with Crippen LogP contribution in [0.25, 0.3) is 0 Å². The SMILES string of the molecule is O=C(O)c1cccnc1C(=O)NCCc1cccnc1. The van der Waals surface area contributed by atoms with Crippen LogP contribution in [0, 0.1) is 0 Å². The third-order valence-electron chi connectivity index (χ3n) is 2.68. The number of nitrogens with zero attached hydrogens (tertiary/aromatic N) is 2. The van der Waals surface area contributed by atoms with Gasteiger partial charge in [0.15, 0.2) is 0 Å². The zero-order chi connectivity index (χ0) is 14.4. The van der Waals surface area contributed by atoms with Crippen LogP contribution in [-0.2, 0) is 6.42 Å². The number of hydrogen-bond donors (Lipinski definition) is 2. The molecule has 0 aliphatic heterocycles. The van der Waals surface area contributed by atoms with E-state index in [0.717, 1.165) is 5.56 Å². The number of amides is 1. The van der Waals surface area contributed by atoms with E-state index in [-0.39, 0.29) is 11.3 Å². The smallest absolute Gasteiger partial charge is 0.338 e. The van der Waals surface area contributed by atoms with E-state index in [4.69, 9.17) is 5.11 Å². The van der Waals surface area contributed by atoms with Crippen molar-refractivity contribution >= 4 is 11.9 Å². The molecule has 0 atom stereocenters. The number of carboxylic acids is 1. The molecule has 2 heterocycles. The van der Waals surface area contributed by atoms with E-state index < -0.39 is 11.9 Å². The zero-order valence-corrected chi connectivity index (χ0v) is 10.6. The predicted octanol–water partition coefficient (Wildman–Crippen LogP) is 1.15. The van der Waals surface area contributed by atoms with E-state index in [1.54, 1.807) is 12.4 Å².